The van der Waals surface area contributed by atoms with Gasteiger partial charge in [0.25, 0.3) is 5.89 Å². The second-order valence-electron chi connectivity index (χ2n) is 6.77. The molecule has 0 aliphatic carbocycles. The Hall–Kier alpha value is -3.65. The van der Waals surface area contributed by atoms with Crippen LogP contribution in [0.3, 0.4) is 0 Å². The zero-order valence-corrected chi connectivity index (χ0v) is 17.5. The molecular formula is C20H19N5O5S. The Kier molecular flexibility index (Phi) is 5.99. The molecule has 1 aliphatic heterocycles. The van der Waals surface area contributed by atoms with Gasteiger partial charge in [-0.1, -0.05) is 0 Å². The van der Waals surface area contributed by atoms with Crippen LogP contribution in [-0.4, -0.2) is 41.5 Å². The van der Waals surface area contributed by atoms with Crippen LogP contribution in [-0.2, 0) is 9.53 Å². The Balaban J connectivity index is 1.36. The number of ether oxygens (including phenoxy) is 1. The first-order valence-corrected chi connectivity index (χ1v) is 10.6. The molecule has 0 spiro atoms. The van der Waals surface area contributed by atoms with Crippen molar-refractivity contribution >= 4 is 34.2 Å². The molecule has 0 saturated carbocycles. The van der Waals surface area contributed by atoms with Gasteiger partial charge in [-0.3, -0.25) is 4.79 Å². The van der Waals surface area contributed by atoms with E-state index < -0.39 is 5.97 Å². The highest BCUT2D eigenvalue weighted by Gasteiger charge is 2.29. The number of carbonyl (C=O) groups excluding carboxylic acids is 2. The number of furan rings is 1. The molecule has 0 atom stereocenters. The molecule has 11 heteroatoms. The fraction of sp³-hybridized carbons (Fsp3) is 0.350. The van der Waals surface area contributed by atoms with E-state index >= 15 is 0 Å². The third kappa shape index (κ3) is 4.44. The molecule has 0 unspecified atom stereocenters. The van der Waals surface area contributed by atoms with E-state index in [1.54, 1.807) is 24.4 Å². The Morgan fingerprint density at radius 2 is 2.19 bits per heavy atom. The predicted molar refractivity (Wildman–Crippen MR) is 111 cm³/mol. The lowest BCUT2D eigenvalue weighted by Crippen LogP contribution is -2.38. The summed E-state index contributed by atoms with van der Waals surface area (Å²) in [6, 6.07) is 5.47. The quantitative estimate of drug-likeness (QED) is 0.572. The molecule has 0 aromatic carbocycles. The van der Waals surface area contributed by atoms with Gasteiger partial charge in [-0.05, 0) is 31.9 Å². The van der Waals surface area contributed by atoms with Crippen LogP contribution in [0.2, 0.25) is 0 Å². The molecule has 1 saturated heterocycles. The minimum absolute atomic E-state index is 0.154. The average molecular weight is 441 g/mol. The van der Waals surface area contributed by atoms with Crippen LogP contribution >= 0.6 is 11.3 Å². The number of esters is 1. The lowest BCUT2D eigenvalue weighted by atomic mass is 9.96. The lowest BCUT2D eigenvalue weighted by molar-refractivity contribution is -0.120. The highest BCUT2D eigenvalue weighted by Crippen LogP contribution is 2.31. The maximum atomic E-state index is 12.6. The number of carbonyl (C=O) groups is 2. The maximum Gasteiger partial charge on any atom is 0.357 e. The number of amides is 1. The van der Waals surface area contributed by atoms with Gasteiger partial charge in [0.1, 0.15) is 6.07 Å². The smallest absolute Gasteiger partial charge is 0.357 e. The van der Waals surface area contributed by atoms with Gasteiger partial charge >= 0.3 is 5.97 Å². The normalized spacial score (nSPS) is 14.3. The van der Waals surface area contributed by atoms with Gasteiger partial charge in [0, 0.05) is 24.4 Å². The molecular weight excluding hydrogens is 422 g/mol. The molecule has 3 aromatic rings. The lowest BCUT2D eigenvalue weighted by Gasteiger charge is -2.30. The van der Waals surface area contributed by atoms with Crippen molar-refractivity contribution in [2.45, 2.75) is 19.8 Å². The molecule has 1 N–H and O–H groups in total. The molecule has 0 radical (unpaired) electrons. The van der Waals surface area contributed by atoms with Crippen LogP contribution in [0.25, 0.3) is 11.7 Å². The van der Waals surface area contributed by atoms with Crippen molar-refractivity contribution in [3.8, 4) is 17.7 Å². The van der Waals surface area contributed by atoms with Crippen LogP contribution in [0.15, 0.2) is 32.6 Å². The fourth-order valence-corrected chi connectivity index (χ4v) is 3.97. The van der Waals surface area contributed by atoms with Gasteiger partial charge in [0.05, 0.1) is 12.9 Å². The summed E-state index contributed by atoms with van der Waals surface area (Å²) >= 11 is 1.18. The number of hydrogen-bond acceptors (Lipinski definition) is 10. The van der Waals surface area contributed by atoms with Gasteiger partial charge in [0.15, 0.2) is 16.6 Å². The van der Waals surface area contributed by atoms with Crippen LogP contribution in [0.4, 0.5) is 11.0 Å². The van der Waals surface area contributed by atoms with Gasteiger partial charge in [-0.25, -0.2) is 9.78 Å². The van der Waals surface area contributed by atoms with Crippen molar-refractivity contribution in [2.75, 3.05) is 29.9 Å². The molecule has 1 amide bonds. The Morgan fingerprint density at radius 3 is 2.87 bits per heavy atom. The molecule has 1 aliphatic rings. The molecule has 4 rings (SSSR count). The van der Waals surface area contributed by atoms with E-state index in [1.165, 1.54) is 17.6 Å². The average Bonchev–Trinajstić information content (AvgIpc) is 3.54. The summed E-state index contributed by atoms with van der Waals surface area (Å²) in [7, 11) is 0. The summed E-state index contributed by atoms with van der Waals surface area (Å²) in [5.74, 6) is 0.191. The predicted octanol–water partition coefficient (Wildman–Crippen LogP) is 3.29. The minimum Gasteiger partial charge on any atom is -0.461 e. The van der Waals surface area contributed by atoms with Gasteiger partial charge in [-0.15, -0.1) is 11.3 Å². The monoisotopic (exact) mass is 441 g/mol. The zero-order valence-electron chi connectivity index (χ0n) is 16.7. The number of nitrogens with one attached hydrogen (secondary N) is 1. The molecule has 160 valence electrons. The van der Waals surface area contributed by atoms with E-state index in [0.717, 1.165) is 0 Å². The second-order valence-corrected chi connectivity index (χ2v) is 7.63. The second kappa shape index (κ2) is 9.01. The standard InChI is InChI=1S/C20H19N5O5S/c1-2-28-19(27)14-11-31-20(23-14)24-16(26)12-5-7-25(8-6-12)18-13(10-21)22-17(30-18)15-4-3-9-29-15/h3-4,9,11-12H,2,5-8H2,1H3,(H,23,24,26). The first-order chi connectivity index (χ1) is 15.1. The van der Waals surface area contributed by atoms with E-state index in [0.29, 0.717) is 42.7 Å². The first kappa shape index (κ1) is 20.6. The first-order valence-electron chi connectivity index (χ1n) is 9.72. The highest BCUT2D eigenvalue weighted by atomic mass is 32.1. The number of hydrogen-bond donors (Lipinski definition) is 1. The molecule has 0 bridgehead atoms. The third-order valence-corrected chi connectivity index (χ3v) is 5.58. The van der Waals surface area contributed by atoms with Crippen LogP contribution in [0, 0.1) is 17.2 Å². The van der Waals surface area contributed by atoms with Gasteiger partial charge in [0.2, 0.25) is 17.5 Å². The minimum atomic E-state index is -0.512. The Morgan fingerprint density at radius 1 is 1.39 bits per heavy atom. The van der Waals surface area contributed by atoms with Crippen molar-refractivity contribution in [3.05, 3.63) is 35.2 Å². The highest BCUT2D eigenvalue weighted by molar-refractivity contribution is 7.14. The maximum absolute atomic E-state index is 12.6. The number of nitriles is 1. The van der Waals surface area contributed by atoms with Crippen molar-refractivity contribution in [2.24, 2.45) is 5.92 Å². The fourth-order valence-electron chi connectivity index (χ4n) is 3.29. The number of nitrogens with zero attached hydrogens (tertiary/aromatic N) is 4. The number of aromatic nitrogens is 2. The van der Waals surface area contributed by atoms with Crippen molar-refractivity contribution in [1.29, 1.82) is 5.26 Å². The summed E-state index contributed by atoms with van der Waals surface area (Å²) in [5, 5.41) is 14.1. The van der Waals surface area contributed by atoms with Crippen LogP contribution < -0.4 is 10.2 Å². The summed E-state index contributed by atoms with van der Waals surface area (Å²) < 4.78 is 16.0. The molecule has 31 heavy (non-hydrogen) atoms. The zero-order chi connectivity index (χ0) is 21.8. The summed E-state index contributed by atoms with van der Waals surface area (Å²) in [6.07, 6.45) is 2.65. The van der Waals surface area contributed by atoms with E-state index in [1.807, 2.05) is 4.90 Å². The summed E-state index contributed by atoms with van der Waals surface area (Å²) in [4.78, 5) is 34.5. The van der Waals surface area contributed by atoms with E-state index in [9.17, 15) is 14.9 Å². The number of rotatable bonds is 6. The van der Waals surface area contributed by atoms with Crippen molar-refractivity contribution in [1.82, 2.24) is 9.97 Å². The van der Waals surface area contributed by atoms with Gasteiger partial charge in [-0.2, -0.15) is 10.2 Å². The Labute approximate surface area is 181 Å². The topological polar surface area (TPSA) is 134 Å². The Bertz CT molecular complexity index is 1110. The van der Waals surface area contributed by atoms with E-state index in [2.05, 4.69) is 21.4 Å². The van der Waals surface area contributed by atoms with E-state index in [-0.39, 0.29) is 35.7 Å². The third-order valence-electron chi connectivity index (χ3n) is 4.82. The number of thiazole rings is 1. The van der Waals surface area contributed by atoms with Crippen molar-refractivity contribution in [3.63, 3.8) is 0 Å². The molecule has 4 heterocycles. The molecule has 10 nitrogen and oxygen atoms in total. The number of piperidine rings is 1. The number of anilines is 2. The van der Waals surface area contributed by atoms with E-state index in [4.69, 9.17) is 13.6 Å². The van der Waals surface area contributed by atoms with Crippen LogP contribution in [0.1, 0.15) is 35.9 Å². The largest absolute Gasteiger partial charge is 0.461 e. The van der Waals surface area contributed by atoms with Gasteiger partial charge < -0.3 is 23.8 Å². The summed E-state index contributed by atoms with van der Waals surface area (Å²) in [5.41, 5.74) is 0.363. The van der Waals surface area contributed by atoms with Crippen LogP contribution in [0.5, 0.6) is 0 Å². The molecule has 3 aromatic heterocycles. The summed E-state index contributed by atoms with van der Waals surface area (Å²) in [6.45, 7) is 3.05. The number of oxazole rings is 1. The SMILES string of the molecule is CCOC(=O)c1csc(NC(=O)C2CCN(c3oc(-c4ccco4)nc3C#N)CC2)n1. The van der Waals surface area contributed by atoms with Crippen molar-refractivity contribution < 1.29 is 23.2 Å². The molecule has 1 fully saturated rings.